The molecule has 2 aliphatic heterocycles. The molecule has 0 aliphatic carbocycles. The molecule has 2 unspecified atom stereocenters. The van der Waals surface area contributed by atoms with Gasteiger partial charge in [0, 0.05) is 51.9 Å². The van der Waals surface area contributed by atoms with Crippen molar-refractivity contribution in [2.45, 2.75) is 38.0 Å². The molecule has 0 radical (unpaired) electrons. The molecule has 2 aliphatic rings. The maximum absolute atomic E-state index is 5.67. The average Bonchev–Trinajstić information content (AvgIpc) is 3.36. The average molecular weight is 504 g/mol. The lowest BCUT2D eigenvalue weighted by Crippen LogP contribution is -2.46. The van der Waals surface area contributed by atoms with E-state index in [0.717, 1.165) is 69.5 Å². The lowest BCUT2D eigenvalue weighted by Gasteiger charge is -2.20. The normalized spacial score (nSPS) is 22.6. The predicted octanol–water partition coefficient (Wildman–Crippen LogP) is 2.24. The minimum Gasteiger partial charge on any atom is -0.497 e. The highest BCUT2D eigenvalue weighted by atomic mass is 127. The number of benzene rings is 1. The van der Waals surface area contributed by atoms with Crippen LogP contribution in [0.25, 0.3) is 0 Å². The maximum atomic E-state index is 5.67. The minimum absolute atomic E-state index is 0. The first-order valence-corrected chi connectivity index (χ1v) is 9.73. The molecule has 0 bridgehead atoms. The quantitative estimate of drug-likeness (QED) is 0.338. The van der Waals surface area contributed by atoms with Crippen LogP contribution in [0.15, 0.2) is 23.2 Å². The Morgan fingerprint density at radius 1 is 1.21 bits per heavy atom. The predicted molar refractivity (Wildman–Crippen MR) is 122 cm³/mol. The van der Waals surface area contributed by atoms with E-state index >= 15 is 0 Å². The molecule has 0 saturated carbocycles. The van der Waals surface area contributed by atoms with E-state index < -0.39 is 0 Å². The van der Waals surface area contributed by atoms with E-state index in [4.69, 9.17) is 14.2 Å². The Morgan fingerprint density at radius 3 is 2.57 bits per heavy atom. The third kappa shape index (κ3) is 6.66. The van der Waals surface area contributed by atoms with Crippen molar-refractivity contribution >= 4 is 29.9 Å². The van der Waals surface area contributed by atoms with E-state index in [1.54, 1.807) is 14.2 Å². The van der Waals surface area contributed by atoms with Gasteiger partial charge < -0.3 is 24.8 Å². The van der Waals surface area contributed by atoms with Crippen molar-refractivity contribution in [3.8, 4) is 11.5 Å². The number of halogens is 1. The van der Waals surface area contributed by atoms with Gasteiger partial charge in [-0.15, -0.1) is 24.0 Å². The summed E-state index contributed by atoms with van der Waals surface area (Å²) in [7, 11) is 5.19. The second-order valence-electron chi connectivity index (χ2n) is 7.17. The van der Waals surface area contributed by atoms with Gasteiger partial charge in [-0.3, -0.25) is 9.89 Å². The molecule has 2 atom stereocenters. The van der Waals surface area contributed by atoms with Crippen LogP contribution in [-0.4, -0.2) is 70.5 Å². The molecule has 3 rings (SSSR count). The summed E-state index contributed by atoms with van der Waals surface area (Å²) in [6.07, 6.45) is 3.70. The number of hydrogen-bond acceptors (Lipinski definition) is 5. The molecular weight excluding hydrogens is 471 g/mol. The number of guanidine groups is 1. The van der Waals surface area contributed by atoms with Crippen molar-refractivity contribution in [3.63, 3.8) is 0 Å². The molecule has 2 saturated heterocycles. The number of aliphatic imine (C=N–C) groups is 1. The highest BCUT2D eigenvalue weighted by molar-refractivity contribution is 14.0. The van der Waals surface area contributed by atoms with Crippen molar-refractivity contribution in [3.05, 3.63) is 23.8 Å². The molecule has 8 heteroatoms. The van der Waals surface area contributed by atoms with E-state index in [1.165, 1.54) is 5.56 Å². The van der Waals surface area contributed by atoms with Crippen LogP contribution in [-0.2, 0) is 11.3 Å². The number of methoxy groups -OCH3 is 2. The van der Waals surface area contributed by atoms with E-state index in [-0.39, 0.29) is 24.0 Å². The summed E-state index contributed by atoms with van der Waals surface area (Å²) in [6, 6.07) is 6.45. The van der Waals surface area contributed by atoms with Crippen molar-refractivity contribution in [2.24, 2.45) is 4.99 Å². The molecule has 0 spiro atoms. The Morgan fingerprint density at radius 2 is 1.96 bits per heavy atom. The van der Waals surface area contributed by atoms with Crippen LogP contribution >= 0.6 is 24.0 Å². The number of nitrogens with one attached hydrogen (secondary N) is 2. The largest absolute Gasteiger partial charge is 0.497 e. The third-order valence-electron chi connectivity index (χ3n) is 5.18. The van der Waals surface area contributed by atoms with Crippen LogP contribution < -0.4 is 20.1 Å². The van der Waals surface area contributed by atoms with Crippen molar-refractivity contribution in [2.75, 3.05) is 47.5 Å². The molecule has 0 aromatic heterocycles. The summed E-state index contributed by atoms with van der Waals surface area (Å²) < 4.78 is 16.4. The van der Waals surface area contributed by atoms with E-state index in [2.05, 4.69) is 32.7 Å². The zero-order chi connectivity index (χ0) is 19.1. The molecule has 1 aromatic rings. The smallest absolute Gasteiger partial charge is 0.191 e. The topological polar surface area (TPSA) is 67.4 Å². The Kier molecular flexibility index (Phi) is 9.60. The second kappa shape index (κ2) is 11.7. The van der Waals surface area contributed by atoms with E-state index in [0.29, 0.717) is 12.1 Å². The first kappa shape index (κ1) is 23.0. The fourth-order valence-corrected chi connectivity index (χ4v) is 3.71. The monoisotopic (exact) mass is 504 g/mol. The number of likely N-dealkylation sites (tertiary alicyclic amines) is 1. The summed E-state index contributed by atoms with van der Waals surface area (Å²) in [5.41, 5.74) is 1.20. The van der Waals surface area contributed by atoms with Crippen LogP contribution in [0, 0.1) is 0 Å². The van der Waals surface area contributed by atoms with E-state index in [1.807, 2.05) is 13.1 Å². The fourth-order valence-electron chi connectivity index (χ4n) is 3.71. The summed E-state index contributed by atoms with van der Waals surface area (Å²) in [6.45, 7) is 4.62. The highest BCUT2D eigenvalue weighted by Crippen LogP contribution is 2.24. The zero-order valence-corrected chi connectivity index (χ0v) is 19.4. The molecule has 1 aromatic carbocycles. The molecule has 2 heterocycles. The lowest BCUT2D eigenvalue weighted by atomic mass is 10.2. The van der Waals surface area contributed by atoms with Gasteiger partial charge in [0.25, 0.3) is 0 Å². The van der Waals surface area contributed by atoms with Crippen molar-refractivity contribution in [1.82, 2.24) is 15.5 Å². The SMILES string of the molecule is CN=C(NCC1CCCO1)NC1CCN(Cc2cc(OC)cc(OC)c2)C1.I. The number of rotatable bonds is 7. The van der Waals surface area contributed by atoms with E-state index in [9.17, 15) is 0 Å². The summed E-state index contributed by atoms with van der Waals surface area (Å²) in [5.74, 6) is 2.52. The molecule has 7 nitrogen and oxygen atoms in total. The molecule has 28 heavy (non-hydrogen) atoms. The van der Waals surface area contributed by atoms with Gasteiger partial charge >= 0.3 is 0 Å². The van der Waals surface area contributed by atoms with Gasteiger partial charge in [-0.1, -0.05) is 0 Å². The Balaban J connectivity index is 0.00000280. The van der Waals surface area contributed by atoms with Gasteiger partial charge in [0.05, 0.1) is 20.3 Å². The lowest BCUT2D eigenvalue weighted by molar-refractivity contribution is 0.113. The first-order valence-electron chi connectivity index (χ1n) is 9.73. The standard InChI is InChI=1S/C20H32N4O3.HI/c1-21-20(22-12-17-5-4-8-27-17)23-16-6-7-24(14-16)13-15-9-18(25-2)11-19(10-15)26-3;/h9-11,16-17H,4-8,12-14H2,1-3H3,(H2,21,22,23);1H. The highest BCUT2D eigenvalue weighted by Gasteiger charge is 2.24. The molecular formula is C20H33IN4O3. The molecule has 158 valence electrons. The Labute approximate surface area is 185 Å². The third-order valence-corrected chi connectivity index (χ3v) is 5.18. The first-order chi connectivity index (χ1) is 13.2. The second-order valence-corrected chi connectivity index (χ2v) is 7.17. The number of hydrogen-bond donors (Lipinski definition) is 2. The van der Waals surface area contributed by atoms with Gasteiger partial charge in [-0.25, -0.2) is 0 Å². The van der Waals surface area contributed by atoms with Crippen LogP contribution in [0.3, 0.4) is 0 Å². The molecule has 2 fully saturated rings. The maximum Gasteiger partial charge on any atom is 0.191 e. The van der Waals surface area contributed by atoms with Crippen molar-refractivity contribution in [1.29, 1.82) is 0 Å². The number of nitrogens with zero attached hydrogens (tertiary/aromatic N) is 2. The van der Waals surface area contributed by atoms with Gasteiger partial charge in [-0.2, -0.15) is 0 Å². The van der Waals surface area contributed by atoms with Crippen LogP contribution in [0.4, 0.5) is 0 Å². The Bertz CT molecular complexity index is 616. The van der Waals surface area contributed by atoms with Crippen LogP contribution in [0.5, 0.6) is 11.5 Å². The number of ether oxygens (including phenoxy) is 3. The van der Waals surface area contributed by atoms with Gasteiger partial charge in [0.2, 0.25) is 0 Å². The fraction of sp³-hybridized carbons (Fsp3) is 0.650. The van der Waals surface area contributed by atoms with Gasteiger partial charge in [0.15, 0.2) is 5.96 Å². The van der Waals surface area contributed by atoms with Gasteiger partial charge in [-0.05, 0) is 37.0 Å². The molecule has 2 N–H and O–H groups in total. The molecule has 0 amide bonds. The Hall–Kier alpha value is -1.26. The summed E-state index contributed by atoms with van der Waals surface area (Å²) in [5, 5.41) is 6.94. The summed E-state index contributed by atoms with van der Waals surface area (Å²) in [4.78, 5) is 6.80. The minimum atomic E-state index is 0. The van der Waals surface area contributed by atoms with Crippen molar-refractivity contribution < 1.29 is 14.2 Å². The zero-order valence-electron chi connectivity index (χ0n) is 17.1. The van der Waals surface area contributed by atoms with Crippen LogP contribution in [0.1, 0.15) is 24.8 Å². The van der Waals surface area contributed by atoms with Gasteiger partial charge in [0.1, 0.15) is 11.5 Å². The van der Waals surface area contributed by atoms with Crippen LogP contribution in [0.2, 0.25) is 0 Å². The summed E-state index contributed by atoms with van der Waals surface area (Å²) >= 11 is 0.